The summed E-state index contributed by atoms with van der Waals surface area (Å²) in [5.41, 5.74) is 1.19. The van der Waals surface area contributed by atoms with Gasteiger partial charge in [-0.3, -0.25) is 9.59 Å². The molecule has 2 N–H and O–H groups in total. The third-order valence-corrected chi connectivity index (χ3v) is 3.40. The number of amides is 1. The van der Waals surface area contributed by atoms with Gasteiger partial charge in [-0.05, 0) is 32.4 Å². The molecule has 110 valence electrons. The standard InChI is InChI=1S/C14H20N2O4/c1-8-4-9(2)15-13(18)12(8)14(19)16-5-10(3)20-11(6-16)7-17/h4,10-11,17H,5-7H2,1-3H3,(H,15,18). The van der Waals surface area contributed by atoms with Crippen LogP contribution in [0.15, 0.2) is 10.9 Å². The summed E-state index contributed by atoms with van der Waals surface area (Å²) in [7, 11) is 0. The highest BCUT2D eigenvalue weighted by Gasteiger charge is 2.30. The lowest BCUT2D eigenvalue weighted by molar-refractivity contribution is -0.0859. The van der Waals surface area contributed by atoms with Crippen LogP contribution in [-0.2, 0) is 4.74 Å². The number of aryl methyl sites for hydroxylation is 2. The minimum atomic E-state index is -0.396. The Morgan fingerprint density at radius 1 is 1.50 bits per heavy atom. The summed E-state index contributed by atoms with van der Waals surface area (Å²) in [5, 5.41) is 9.19. The predicted octanol–water partition coefficient (Wildman–Crippen LogP) is 0.214. The molecule has 1 saturated heterocycles. The van der Waals surface area contributed by atoms with Crippen LogP contribution in [0.25, 0.3) is 0 Å². The Bertz CT molecular complexity index is 567. The van der Waals surface area contributed by atoms with Crippen molar-refractivity contribution in [2.45, 2.75) is 33.0 Å². The minimum absolute atomic E-state index is 0.142. The molecule has 1 amide bonds. The van der Waals surface area contributed by atoms with Crippen molar-refractivity contribution in [1.82, 2.24) is 9.88 Å². The smallest absolute Gasteiger partial charge is 0.261 e. The van der Waals surface area contributed by atoms with Gasteiger partial charge in [0, 0.05) is 18.8 Å². The van der Waals surface area contributed by atoms with E-state index in [0.717, 1.165) is 5.69 Å². The second-order valence-electron chi connectivity index (χ2n) is 5.30. The molecule has 6 heteroatoms. The highest BCUT2D eigenvalue weighted by atomic mass is 16.5. The Balaban J connectivity index is 2.30. The van der Waals surface area contributed by atoms with Gasteiger partial charge < -0.3 is 19.7 Å². The van der Waals surface area contributed by atoms with Crippen LogP contribution in [-0.4, -0.2) is 52.8 Å². The summed E-state index contributed by atoms with van der Waals surface area (Å²) in [6.45, 7) is 5.95. The van der Waals surface area contributed by atoms with E-state index in [1.165, 1.54) is 0 Å². The number of hydrogen-bond acceptors (Lipinski definition) is 4. The summed E-state index contributed by atoms with van der Waals surface area (Å²) in [6, 6.07) is 1.78. The van der Waals surface area contributed by atoms with Gasteiger partial charge in [-0.25, -0.2) is 0 Å². The lowest BCUT2D eigenvalue weighted by Crippen LogP contribution is -2.51. The number of ether oxygens (including phenoxy) is 1. The lowest BCUT2D eigenvalue weighted by atomic mass is 10.1. The molecular formula is C14H20N2O4. The first-order chi connectivity index (χ1) is 9.42. The van der Waals surface area contributed by atoms with E-state index >= 15 is 0 Å². The number of aliphatic hydroxyl groups is 1. The monoisotopic (exact) mass is 280 g/mol. The van der Waals surface area contributed by atoms with E-state index in [-0.39, 0.29) is 29.7 Å². The molecule has 2 unspecified atom stereocenters. The minimum Gasteiger partial charge on any atom is -0.394 e. The van der Waals surface area contributed by atoms with Crippen LogP contribution in [0.1, 0.15) is 28.5 Å². The summed E-state index contributed by atoms with van der Waals surface area (Å²) in [4.78, 5) is 28.7. The van der Waals surface area contributed by atoms with Gasteiger partial charge in [-0.15, -0.1) is 0 Å². The highest BCUT2D eigenvalue weighted by molar-refractivity contribution is 5.95. The van der Waals surface area contributed by atoms with Crippen molar-refractivity contribution in [2.24, 2.45) is 0 Å². The maximum atomic E-state index is 12.5. The van der Waals surface area contributed by atoms with Gasteiger partial charge in [0.15, 0.2) is 0 Å². The van der Waals surface area contributed by atoms with Crippen molar-refractivity contribution in [3.63, 3.8) is 0 Å². The Labute approximate surface area is 117 Å². The quantitative estimate of drug-likeness (QED) is 0.811. The Kier molecular flexibility index (Phi) is 4.25. The first kappa shape index (κ1) is 14.7. The molecule has 6 nitrogen and oxygen atoms in total. The number of aliphatic hydroxyl groups excluding tert-OH is 1. The molecule has 1 aliphatic rings. The molecule has 1 fully saturated rings. The third-order valence-electron chi connectivity index (χ3n) is 3.40. The molecule has 20 heavy (non-hydrogen) atoms. The van der Waals surface area contributed by atoms with E-state index in [4.69, 9.17) is 4.74 Å². The number of nitrogens with zero attached hydrogens (tertiary/aromatic N) is 1. The number of carbonyl (C=O) groups is 1. The van der Waals surface area contributed by atoms with E-state index in [1.807, 2.05) is 6.92 Å². The van der Waals surface area contributed by atoms with E-state index < -0.39 is 6.10 Å². The molecule has 0 aromatic carbocycles. The van der Waals surface area contributed by atoms with Crippen LogP contribution in [0, 0.1) is 13.8 Å². The molecular weight excluding hydrogens is 260 g/mol. The summed E-state index contributed by atoms with van der Waals surface area (Å²) in [6.07, 6.45) is -0.553. The number of nitrogens with one attached hydrogen (secondary N) is 1. The summed E-state index contributed by atoms with van der Waals surface area (Å²) in [5.74, 6) is -0.308. The Morgan fingerprint density at radius 2 is 2.20 bits per heavy atom. The zero-order valence-corrected chi connectivity index (χ0v) is 12.0. The number of H-pyrrole nitrogens is 1. The normalized spacial score (nSPS) is 22.9. The number of rotatable bonds is 2. The summed E-state index contributed by atoms with van der Waals surface area (Å²) >= 11 is 0. The topological polar surface area (TPSA) is 82.6 Å². The number of carbonyl (C=O) groups excluding carboxylic acids is 1. The SMILES string of the molecule is Cc1cc(C)c(C(=O)N2CC(C)OC(CO)C2)c(=O)[nH]1. The molecule has 0 spiro atoms. The zero-order valence-electron chi connectivity index (χ0n) is 12.0. The van der Waals surface area contributed by atoms with E-state index in [1.54, 1.807) is 24.8 Å². The van der Waals surface area contributed by atoms with E-state index in [2.05, 4.69) is 4.98 Å². The van der Waals surface area contributed by atoms with Crippen LogP contribution >= 0.6 is 0 Å². The van der Waals surface area contributed by atoms with E-state index in [0.29, 0.717) is 18.7 Å². The van der Waals surface area contributed by atoms with Crippen molar-refractivity contribution < 1.29 is 14.6 Å². The number of morpholine rings is 1. The summed E-state index contributed by atoms with van der Waals surface area (Å²) < 4.78 is 5.50. The van der Waals surface area contributed by atoms with Crippen LogP contribution < -0.4 is 5.56 Å². The van der Waals surface area contributed by atoms with Crippen LogP contribution in [0.5, 0.6) is 0 Å². The number of pyridine rings is 1. The number of aromatic nitrogens is 1. The third kappa shape index (κ3) is 2.91. The Hall–Kier alpha value is -1.66. The van der Waals surface area contributed by atoms with Crippen molar-refractivity contribution >= 4 is 5.91 Å². The van der Waals surface area contributed by atoms with Gasteiger partial charge in [0.25, 0.3) is 11.5 Å². The molecule has 1 aliphatic heterocycles. The number of aromatic amines is 1. The van der Waals surface area contributed by atoms with Gasteiger partial charge in [-0.1, -0.05) is 0 Å². The van der Waals surface area contributed by atoms with Crippen molar-refractivity contribution in [1.29, 1.82) is 0 Å². The fourth-order valence-corrected chi connectivity index (χ4v) is 2.59. The van der Waals surface area contributed by atoms with Crippen molar-refractivity contribution in [2.75, 3.05) is 19.7 Å². The average Bonchev–Trinajstić information content (AvgIpc) is 2.36. The molecule has 1 aromatic rings. The van der Waals surface area contributed by atoms with Crippen molar-refractivity contribution in [3.05, 3.63) is 33.2 Å². The van der Waals surface area contributed by atoms with Gasteiger partial charge in [0.2, 0.25) is 0 Å². The average molecular weight is 280 g/mol. The molecule has 0 saturated carbocycles. The second kappa shape index (κ2) is 5.76. The molecule has 2 atom stereocenters. The van der Waals surface area contributed by atoms with E-state index in [9.17, 15) is 14.7 Å². The fourth-order valence-electron chi connectivity index (χ4n) is 2.59. The molecule has 0 aliphatic carbocycles. The lowest BCUT2D eigenvalue weighted by Gasteiger charge is -2.36. The number of hydrogen-bond donors (Lipinski definition) is 2. The first-order valence-electron chi connectivity index (χ1n) is 6.68. The van der Waals surface area contributed by atoms with Crippen LogP contribution in [0.4, 0.5) is 0 Å². The fraction of sp³-hybridized carbons (Fsp3) is 0.571. The van der Waals surface area contributed by atoms with Gasteiger partial charge in [-0.2, -0.15) is 0 Å². The van der Waals surface area contributed by atoms with Crippen molar-refractivity contribution in [3.8, 4) is 0 Å². The van der Waals surface area contributed by atoms with Gasteiger partial charge in [0.1, 0.15) is 5.56 Å². The predicted molar refractivity (Wildman–Crippen MR) is 73.9 cm³/mol. The van der Waals surface area contributed by atoms with Crippen LogP contribution in [0.2, 0.25) is 0 Å². The zero-order chi connectivity index (χ0) is 14.9. The maximum Gasteiger partial charge on any atom is 0.261 e. The highest BCUT2D eigenvalue weighted by Crippen LogP contribution is 2.15. The molecule has 2 rings (SSSR count). The molecule has 0 radical (unpaired) electrons. The second-order valence-corrected chi connectivity index (χ2v) is 5.30. The molecule has 1 aromatic heterocycles. The Morgan fingerprint density at radius 3 is 2.80 bits per heavy atom. The first-order valence-corrected chi connectivity index (χ1v) is 6.68. The van der Waals surface area contributed by atoms with Crippen LogP contribution in [0.3, 0.4) is 0 Å². The maximum absolute atomic E-state index is 12.5. The largest absolute Gasteiger partial charge is 0.394 e. The molecule has 0 bridgehead atoms. The van der Waals surface area contributed by atoms with Gasteiger partial charge in [0.05, 0.1) is 18.8 Å². The van der Waals surface area contributed by atoms with Gasteiger partial charge >= 0.3 is 0 Å². The molecule has 2 heterocycles.